The van der Waals surface area contributed by atoms with Gasteiger partial charge < -0.3 is 0 Å². The quantitative estimate of drug-likeness (QED) is 0.150. The number of para-hydroxylation sites is 1. The van der Waals surface area contributed by atoms with Gasteiger partial charge in [-0.1, -0.05) is 60.7 Å². The first-order valence-electron chi connectivity index (χ1n) is 12.0. The molecule has 1 aliphatic rings. The number of amides is 2. The molecule has 0 fully saturated rings. The third-order valence-corrected chi connectivity index (χ3v) is 6.40. The first-order chi connectivity index (χ1) is 18.9. The number of nitriles is 1. The highest BCUT2D eigenvalue weighted by Gasteiger charge is 2.35. The number of carbonyl (C=O) groups is 2. The Morgan fingerprint density at radius 2 is 1.67 bits per heavy atom. The van der Waals surface area contributed by atoms with E-state index < -0.39 is 16.7 Å². The molecule has 0 radical (unpaired) electrons. The minimum Gasteiger partial charge on any atom is -0.269 e. The molecule has 0 bridgehead atoms. The summed E-state index contributed by atoms with van der Waals surface area (Å²) in [6.45, 7) is 1.57. The number of nitro groups is 1. The van der Waals surface area contributed by atoms with E-state index in [1.165, 1.54) is 12.1 Å². The van der Waals surface area contributed by atoms with E-state index in [9.17, 15) is 25.0 Å². The molecule has 0 saturated carbocycles. The van der Waals surface area contributed by atoms with E-state index in [0.717, 1.165) is 16.2 Å². The van der Waals surface area contributed by atoms with Crippen molar-refractivity contribution in [2.75, 3.05) is 0 Å². The first kappa shape index (κ1) is 25.0. The fourth-order valence-corrected chi connectivity index (χ4v) is 4.39. The minimum atomic E-state index is -0.653. The molecule has 0 unspecified atom stereocenters. The van der Waals surface area contributed by atoms with Gasteiger partial charge in [-0.05, 0) is 36.3 Å². The predicted molar refractivity (Wildman–Crippen MR) is 144 cm³/mol. The van der Waals surface area contributed by atoms with Gasteiger partial charge in [0.15, 0.2) is 0 Å². The van der Waals surface area contributed by atoms with Crippen LogP contribution in [0.1, 0.15) is 18.1 Å². The van der Waals surface area contributed by atoms with Crippen LogP contribution in [0.4, 0.5) is 5.69 Å². The smallest absolute Gasteiger partial charge is 0.269 e. The monoisotopic (exact) mass is 515 g/mol. The van der Waals surface area contributed by atoms with Crippen molar-refractivity contribution in [3.63, 3.8) is 0 Å². The molecular formula is C30H21N5O4. The maximum Gasteiger partial charge on any atom is 0.271 e. The van der Waals surface area contributed by atoms with Gasteiger partial charge in [0.05, 0.1) is 17.2 Å². The molecule has 4 aromatic rings. The average Bonchev–Trinajstić information content (AvgIpc) is 3.39. The Labute approximate surface area is 223 Å². The Morgan fingerprint density at radius 3 is 2.33 bits per heavy atom. The van der Waals surface area contributed by atoms with Gasteiger partial charge in [0.2, 0.25) is 0 Å². The van der Waals surface area contributed by atoms with Gasteiger partial charge in [-0.25, -0.2) is 4.68 Å². The zero-order valence-corrected chi connectivity index (χ0v) is 20.8. The van der Waals surface area contributed by atoms with E-state index in [1.54, 1.807) is 60.3 Å². The van der Waals surface area contributed by atoms with Crippen molar-refractivity contribution in [1.29, 1.82) is 5.26 Å². The molecule has 1 aromatic heterocycles. The second-order valence-corrected chi connectivity index (χ2v) is 8.87. The van der Waals surface area contributed by atoms with Crippen LogP contribution < -0.4 is 0 Å². The zero-order valence-electron chi connectivity index (χ0n) is 20.8. The topological polar surface area (TPSA) is 122 Å². The number of non-ortho nitro benzene ring substituents is 1. The SMILES string of the molecule is CC1=C(C#N)C(=O)N(Cc2ccccc2)C(=O)/C1=C/c1cn(-c2ccccc2)nc1-c1cccc([N+](=O)[O-])c1. The Kier molecular flexibility index (Phi) is 6.68. The number of carbonyl (C=O) groups excluding carboxylic acids is 2. The van der Waals surface area contributed by atoms with Crippen LogP contribution in [0.3, 0.4) is 0 Å². The number of hydrogen-bond donors (Lipinski definition) is 0. The predicted octanol–water partition coefficient (Wildman–Crippen LogP) is 5.24. The second-order valence-electron chi connectivity index (χ2n) is 8.87. The molecule has 1 aliphatic heterocycles. The van der Waals surface area contributed by atoms with Gasteiger partial charge >= 0.3 is 0 Å². The van der Waals surface area contributed by atoms with Crippen molar-refractivity contribution in [1.82, 2.24) is 14.7 Å². The molecule has 2 heterocycles. The fourth-order valence-electron chi connectivity index (χ4n) is 4.39. The lowest BCUT2D eigenvalue weighted by atomic mass is 9.93. The Morgan fingerprint density at radius 1 is 0.974 bits per heavy atom. The van der Waals surface area contributed by atoms with Gasteiger partial charge in [-0.2, -0.15) is 10.4 Å². The fraction of sp³-hybridized carbons (Fsp3) is 0.0667. The minimum absolute atomic E-state index is 0.00925. The number of aromatic nitrogens is 2. The van der Waals surface area contributed by atoms with Crippen LogP contribution >= 0.6 is 0 Å². The lowest BCUT2D eigenvalue weighted by Gasteiger charge is -2.27. The van der Waals surface area contributed by atoms with Crippen molar-refractivity contribution >= 4 is 23.6 Å². The molecule has 3 aromatic carbocycles. The molecule has 5 rings (SSSR count). The van der Waals surface area contributed by atoms with Crippen LogP contribution in [-0.2, 0) is 16.1 Å². The molecular weight excluding hydrogens is 494 g/mol. The van der Waals surface area contributed by atoms with E-state index in [1.807, 2.05) is 42.5 Å². The maximum atomic E-state index is 13.7. The lowest BCUT2D eigenvalue weighted by molar-refractivity contribution is -0.384. The van der Waals surface area contributed by atoms with Crippen molar-refractivity contribution in [2.45, 2.75) is 13.5 Å². The molecule has 190 valence electrons. The van der Waals surface area contributed by atoms with Gasteiger partial charge in [0.25, 0.3) is 17.5 Å². The summed E-state index contributed by atoms with van der Waals surface area (Å²) < 4.78 is 1.62. The summed E-state index contributed by atoms with van der Waals surface area (Å²) in [4.78, 5) is 38.7. The normalized spacial score (nSPS) is 14.6. The van der Waals surface area contributed by atoms with E-state index in [4.69, 9.17) is 0 Å². The highest BCUT2D eigenvalue weighted by atomic mass is 16.6. The first-order valence-corrected chi connectivity index (χ1v) is 12.0. The third kappa shape index (κ3) is 4.86. The highest BCUT2D eigenvalue weighted by Crippen LogP contribution is 2.32. The highest BCUT2D eigenvalue weighted by molar-refractivity contribution is 6.19. The molecule has 0 saturated heterocycles. The van der Waals surface area contributed by atoms with Crippen molar-refractivity contribution in [3.05, 3.63) is 129 Å². The summed E-state index contributed by atoms with van der Waals surface area (Å²) in [7, 11) is 0. The molecule has 39 heavy (non-hydrogen) atoms. The third-order valence-electron chi connectivity index (χ3n) is 6.40. The van der Waals surface area contributed by atoms with Crippen LogP contribution in [-0.4, -0.2) is 31.4 Å². The Hall–Kier alpha value is -5.62. The van der Waals surface area contributed by atoms with Gasteiger partial charge in [0, 0.05) is 35.0 Å². The van der Waals surface area contributed by atoms with Crippen LogP contribution in [0.2, 0.25) is 0 Å². The molecule has 0 spiro atoms. The molecule has 9 heteroatoms. The summed E-state index contributed by atoms with van der Waals surface area (Å²) in [5.41, 5.74) is 3.07. The Bertz CT molecular complexity index is 1710. The Balaban J connectivity index is 1.67. The molecule has 0 N–H and O–H groups in total. The summed E-state index contributed by atoms with van der Waals surface area (Å²) in [5.74, 6) is -1.20. The molecule has 2 amide bonds. The van der Waals surface area contributed by atoms with Crippen LogP contribution in [0.15, 0.2) is 108 Å². The number of rotatable bonds is 6. The second kappa shape index (κ2) is 10.4. The molecule has 0 aliphatic carbocycles. The molecule has 0 atom stereocenters. The van der Waals surface area contributed by atoms with E-state index >= 15 is 0 Å². The van der Waals surface area contributed by atoms with Crippen LogP contribution in [0, 0.1) is 21.4 Å². The van der Waals surface area contributed by atoms with E-state index in [-0.39, 0.29) is 29.0 Å². The van der Waals surface area contributed by atoms with E-state index in [0.29, 0.717) is 16.8 Å². The van der Waals surface area contributed by atoms with Gasteiger partial charge in [0.1, 0.15) is 17.3 Å². The number of hydrogen-bond acceptors (Lipinski definition) is 6. The van der Waals surface area contributed by atoms with Crippen molar-refractivity contribution in [3.8, 4) is 23.0 Å². The number of imide groups is 1. The maximum absolute atomic E-state index is 13.7. The van der Waals surface area contributed by atoms with Crippen molar-refractivity contribution < 1.29 is 14.5 Å². The standard InChI is InChI=1S/C30H21N5O4/c1-20-26(29(36)33(30(37)27(20)17-31)18-21-9-4-2-5-10-21)16-23-19-34(24-12-6-3-7-13-24)32-28(23)22-11-8-14-25(15-22)35(38)39/h2-16,19H,18H2,1H3/b26-16+. The summed E-state index contributed by atoms with van der Waals surface area (Å²) >= 11 is 0. The van der Waals surface area contributed by atoms with Gasteiger partial charge in [-0.15, -0.1) is 0 Å². The number of nitrogens with zero attached hydrogens (tertiary/aromatic N) is 5. The summed E-state index contributed by atoms with van der Waals surface area (Å²) in [5, 5.41) is 25.9. The number of benzene rings is 3. The van der Waals surface area contributed by atoms with Crippen molar-refractivity contribution in [2.24, 2.45) is 0 Å². The van der Waals surface area contributed by atoms with E-state index in [2.05, 4.69) is 5.10 Å². The zero-order chi connectivity index (χ0) is 27.5. The average molecular weight is 516 g/mol. The largest absolute Gasteiger partial charge is 0.271 e. The van der Waals surface area contributed by atoms with Crippen LogP contribution in [0.5, 0.6) is 0 Å². The lowest BCUT2D eigenvalue weighted by Crippen LogP contribution is -2.42. The molecule has 9 nitrogen and oxygen atoms in total. The summed E-state index contributed by atoms with van der Waals surface area (Å²) in [6.07, 6.45) is 3.29. The van der Waals surface area contributed by atoms with Gasteiger partial charge in [-0.3, -0.25) is 24.6 Å². The number of nitro benzene ring substituents is 1. The van der Waals surface area contributed by atoms with Crippen LogP contribution in [0.25, 0.3) is 23.0 Å². The summed E-state index contributed by atoms with van der Waals surface area (Å²) in [6, 6.07) is 26.3.